The number of rotatable bonds is 2. The molecule has 0 spiro atoms. The molecule has 0 aliphatic rings. The minimum Gasteiger partial charge on any atom is -0.324 e. The van der Waals surface area contributed by atoms with E-state index in [2.05, 4.69) is 20.8 Å². The lowest BCUT2D eigenvalue weighted by Crippen LogP contribution is -2.18. The van der Waals surface area contributed by atoms with Gasteiger partial charge < -0.3 is 5.73 Å². The zero-order chi connectivity index (χ0) is 10.8. The lowest BCUT2D eigenvalue weighted by molar-refractivity contribution is 0.343. The maximum Gasteiger partial charge on any atom is 0.0406 e. The van der Waals surface area contributed by atoms with E-state index in [0.29, 0.717) is 0 Å². The van der Waals surface area contributed by atoms with Gasteiger partial charge in [0.15, 0.2) is 0 Å². The Labute approximate surface area is 91.3 Å². The Morgan fingerprint density at radius 3 is 2.14 bits per heavy atom. The molecule has 1 nitrogen and oxygen atoms in total. The molecule has 1 unspecified atom stereocenters. The number of hydrogen-bond donors (Lipinski definition) is 1. The zero-order valence-electron chi connectivity index (χ0n) is 9.05. The average molecular weight is 212 g/mol. The van der Waals surface area contributed by atoms with Crippen molar-refractivity contribution in [2.24, 2.45) is 11.1 Å². The van der Waals surface area contributed by atoms with Crippen molar-refractivity contribution in [3.8, 4) is 0 Å². The van der Waals surface area contributed by atoms with Gasteiger partial charge in [0.05, 0.1) is 0 Å². The molecule has 1 rings (SSSR count). The Morgan fingerprint density at radius 2 is 1.71 bits per heavy atom. The standard InChI is InChI=1S/C12H18ClN/c1-12(2,3)8-11(14)9-4-6-10(13)7-5-9/h4-7,11H,8,14H2,1-3H3. The molecule has 14 heavy (non-hydrogen) atoms. The lowest BCUT2D eigenvalue weighted by atomic mass is 9.86. The van der Waals surface area contributed by atoms with Crippen LogP contribution in [0.25, 0.3) is 0 Å². The van der Waals surface area contributed by atoms with Gasteiger partial charge in [-0.3, -0.25) is 0 Å². The fourth-order valence-corrected chi connectivity index (χ4v) is 1.61. The second-order valence-corrected chi connectivity index (χ2v) is 5.36. The fraction of sp³-hybridized carbons (Fsp3) is 0.500. The summed E-state index contributed by atoms with van der Waals surface area (Å²) in [5, 5.41) is 0.761. The molecule has 1 aromatic rings. The Kier molecular flexibility index (Phi) is 3.57. The van der Waals surface area contributed by atoms with Crippen LogP contribution in [0.1, 0.15) is 38.8 Å². The summed E-state index contributed by atoms with van der Waals surface area (Å²) in [5.41, 5.74) is 7.51. The van der Waals surface area contributed by atoms with E-state index in [1.807, 2.05) is 24.3 Å². The van der Waals surface area contributed by atoms with E-state index < -0.39 is 0 Å². The SMILES string of the molecule is CC(C)(C)CC(N)c1ccc(Cl)cc1. The summed E-state index contributed by atoms with van der Waals surface area (Å²) in [4.78, 5) is 0. The summed E-state index contributed by atoms with van der Waals surface area (Å²) in [6, 6.07) is 7.88. The van der Waals surface area contributed by atoms with Crippen molar-refractivity contribution in [3.63, 3.8) is 0 Å². The molecule has 0 fully saturated rings. The van der Waals surface area contributed by atoms with Gasteiger partial charge in [0.25, 0.3) is 0 Å². The second-order valence-electron chi connectivity index (χ2n) is 4.92. The van der Waals surface area contributed by atoms with Crippen molar-refractivity contribution in [1.82, 2.24) is 0 Å². The summed E-state index contributed by atoms with van der Waals surface area (Å²) >= 11 is 5.81. The maximum absolute atomic E-state index is 6.09. The topological polar surface area (TPSA) is 26.0 Å². The highest BCUT2D eigenvalue weighted by Crippen LogP contribution is 2.28. The molecule has 1 aromatic carbocycles. The smallest absolute Gasteiger partial charge is 0.0406 e. The summed E-state index contributed by atoms with van der Waals surface area (Å²) in [5.74, 6) is 0. The molecule has 0 aliphatic heterocycles. The van der Waals surface area contributed by atoms with Gasteiger partial charge in [0, 0.05) is 11.1 Å². The highest BCUT2D eigenvalue weighted by atomic mass is 35.5. The summed E-state index contributed by atoms with van der Waals surface area (Å²) in [6.45, 7) is 6.59. The normalized spacial score (nSPS) is 14.1. The van der Waals surface area contributed by atoms with E-state index in [-0.39, 0.29) is 11.5 Å². The third kappa shape index (κ3) is 3.69. The van der Waals surface area contributed by atoms with Crippen LogP contribution in [-0.4, -0.2) is 0 Å². The van der Waals surface area contributed by atoms with Crippen LogP contribution in [0.3, 0.4) is 0 Å². The first-order valence-electron chi connectivity index (χ1n) is 4.89. The van der Waals surface area contributed by atoms with Gasteiger partial charge in [-0.05, 0) is 29.5 Å². The number of benzene rings is 1. The molecule has 0 aliphatic carbocycles. The number of halogens is 1. The van der Waals surface area contributed by atoms with E-state index in [0.717, 1.165) is 17.0 Å². The molecule has 0 bridgehead atoms. The van der Waals surface area contributed by atoms with E-state index >= 15 is 0 Å². The van der Waals surface area contributed by atoms with E-state index in [9.17, 15) is 0 Å². The van der Waals surface area contributed by atoms with Gasteiger partial charge in [0.1, 0.15) is 0 Å². The van der Waals surface area contributed by atoms with Gasteiger partial charge in [0.2, 0.25) is 0 Å². The van der Waals surface area contributed by atoms with Gasteiger partial charge >= 0.3 is 0 Å². The fourth-order valence-electron chi connectivity index (χ4n) is 1.49. The molecule has 0 saturated carbocycles. The van der Waals surface area contributed by atoms with Crippen LogP contribution in [-0.2, 0) is 0 Å². The number of nitrogens with two attached hydrogens (primary N) is 1. The van der Waals surface area contributed by atoms with Crippen LogP contribution in [0.5, 0.6) is 0 Å². The minimum absolute atomic E-state index is 0.104. The monoisotopic (exact) mass is 211 g/mol. The van der Waals surface area contributed by atoms with Gasteiger partial charge in [-0.25, -0.2) is 0 Å². The molecular weight excluding hydrogens is 194 g/mol. The lowest BCUT2D eigenvalue weighted by Gasteiger charge is -2.23. The first kappa shape index (κ1) is 11.5. The van der Waals surface area contributed by atoms with Gasteiger partial charge in [-0.2, -0.15) is 0 Å². The Bertz CT molecular complexity index is 284. The zero-order valence-corrected chi connectivity index (χ0v) is 9.81. The molecular formula is C12H18ClN. The summed E-state index contributed by atoms with van der Waals surface area (Å²) < 4.78 is 0. The molecule has 0 aromatic heterocycles. The van der Waals surface area contributed by atoms with E-state index in [1.165, 1.54) is 0 Å². The largest absolute Gasteiger partial charge is 0.324 e. The predicted octanol–water partition coefficient (Wildman–Crippen LogP) is 3.78. The highest BCUT2D eigenvalue weighted by molar-refractivity contribution is 6.30. The molecule has 0 radical (unpaired) electrons. The highest BCUT2D eigenvalue weighted by Gasteiger charge is 2.16. The predicted molar refractivity (Wildman–Crippen MR) is 62.5 cm³/mol. The Hall–Kier alpha value is -0.530. The second kappa shape index (κ2) is 4.33. The van der Waals surface area contributed by atoms with Gasteiger partial charge in [-0.1, -0.05) is 44.5 Å². The van der Waals surface area contributed by atoms with Crippen LogP contribution in [0.4, 0.5) is 0 Å². The van der Waals surface area contributed by atoms with Crippen LogP contribution in [0.15, 0.2) is 24.3 Å². The van der Waals surface area contributed by atoms with Crippen LogP contribution < -0.4 is 5.73 Å². The molecule has 78 valence electrons. The average Bonchev–Trinajstić information content (AvgIpc) is 2.02. The van der Waals surface area contributed by atoms with Crippen LogP contribution in [0.2, 0.25) is 5.02 Å². The minimum atomic E-state index is 0.104. The van der Waals surface area contributed by atoms with Crippen molar-refractivity contribution < 1.29 is 0 Å². The van der Waals surface area contributed by atoms with E-state index in [4.69, 9.17) is 17.3 Å². The first-order valence-corrected chi connectivity index (χ1v) is 5.27. The van der Waals surface area contributed by atoms with Crippen molar-refractivity contribution in [3.05, 3.63) is 34.9 Å². The Balaban J connectivity index is 2.70. The third-order valence-corrected chi connectivity index (χ3v) is 2.38. The molecule has 0 heterocycles. The van der Waals surface area contributed by atoms with Crippen molar-refractivity contribution in [2.75, 3.05) is 0 Å². The van der Waals surface area contributed by atoms with Crippen molar-refractivity contribution in [1.29, 1.82) is 0 Å². The maximum atomic E-state index is 6.09. The third-order valence-electron chi connectivity index (χ3n) is 2.13. The van der Waals surface area contributed by atoms with Crippen molar-refractivity contribution in [2.45, 2.75) is 33.2 Å². The molecule has 1 atom stereocenters. The molecule has 0 amide bonds. The molecule has 2 N–H and O–H groups in total. The summed E-state index contributed by atoms with van der Waals surface area (Å²) in [7, 11) is 0. The quantitative estimate of drug-likeness (QED) is 0.792. The van der Waals surface area contributed by atoms with Crippen molar-refractivity contribution >= 4 is 11.6 Å². The first-order chi connectivity index (χ1) is 6.38. The van der Waals surface area contributed by atoms with Crippen LogP contribution >= 0.6 is 11.6 Å². The summed E-state index contributed by atoms with van der Waals surface area (Å²) in [6.07, 6.45) is 0.981. The Morgan fingerprint density at radius 1 is 1.21 bits per heavy atom. The van der Waals surface area contributed by atoms with Crippen LogP contribution in [0, 0.1) is 5.41 Å². The molecule has 2 heteroatoms. The number of hydrogen-bond acceptors (Lipinski definition) is 1. The van der Waals surface area contributed by atoms with E-state index in [1.54, 1.807) is 0 Å². The molecule has 0 saturated heterocycles. The van der Waals surface area contributed by atoms with Gasteiger partial charge in [-0.15, -0.1) is 0 Å².